The Labute approximate surface area is 97.8 Å². The minimum Gasteiger partial charge on any atom is -0.396 e. The third-order valence-electron chi connectivity index (χ3n) is 2.76. The van der Waals surface area contributed by atoms with Gasteiger partial charge in [0.1, 0.15) is 0 Å². The van der Waals surface area contributed by atoms with Crippen LogP contribution in [-0.2, 0) is 0 Å². The van der Waals surface area contributed by atoms with Crippen LogP contribution in [0.5, 0.6) is 0 Å². The summed E-state index contributed by atoms with van der Waals surface area (Å²) in [6, 6.07) is 0.399. The summed E-state index contributed by atoms with van der Waals surface area (Å²) in [6.45, 7) is 6.55. The molecule has 0 aromatic carbocycles. The average molecular weight is 230 g/mol. The molecule has 3 nitrogen and oxygen atoms in total. The van der Waals surface area contributed by atoms with E-state index in [9.17, 15) is 0 Å². The minimum absolute atomic E-state index is 0.295. The maximum absolute atomic E-state index is 8.92. The Hall–Kier alpha value is -0.350. The van der Waals surface area contributed by atoms with Gasteiger partial charge in [0, 0.05) is 25.7 Å². The molecule has 1 unspecified atom stereocenters. The summed E-state index contributed by atoms with van der Waals surface area (Å²) in [6.07, 6.45) is 3.31. The fourth-order valence-corrected chi connectivity index (χ4v) is 2.41. The van der Waals surface area contributed by atoms with Gasteiger partial charge in [0.05, 0.1) is 0 Å². The number of hydrogen-bond acceptors (Lipinski definition) is 2. The van der Waals surface area contributed by atoms with E-state index < -0.39 is 0 Å². The molecule has 1 fully saturated rings. The van der Waals surface area contributed by atoms with Crippen molar-refractivity contribution in [2.45, 2.75) is 39.2 Å². The summed E-state index contributed by atoms with van der Waals surface area (Å²) in [5.41, 5.74) is 0. The van der Waals surface area contributed by atoms with Crippen LogP contribution in [0, 0.1) is 5.92 Å². The highest BCUT2D eigenvalue weighted by Gasteiger charge is 2.21. The first kappa shape index (κ1) is 12.7. The lowest BCUT2D eigenvalue weighted by Gasteiger charge is -2.35. The van der Waals surface area contributed by atoms with Crippen LogP contribution >= 0.6 is 12.2 Å². The first-order valence-corrected chi connectivity index (χ1v) is 6.20. The zero-order chi connectivity index (χ0) is 11.3. The number of hydrogen-bond donors (Lipinski definition) is 2. The maximum Gasteiger partial charge on any atom is 0.169 e. The van der Waals surface area contributed by atoms with E-state index in [1.165, 1.54) is 12.8 Å². The van der Waals surface area contributed by atoms with Crippen molar-refractivity contribution in [3.8, 4) is 0 Å². The summed E-state index contributed by atoms with van der Waals surface area (Å²) < 4.78 is 0. The molecule has 1 saturated heterocycles. The molecule has 1 atom stereocenters. The van der Waals surface area contributed by atoms with E-state index in [0.29, 0.717) is 18.6 Å². The van der Waals surface area contributed by atoms with E-state index in [1.807, 2.05) is 0 Å². The molecular weight excluding hydrogens is 208 g/mol. The number of aliphatic hydroxyl groups excluding tert-OH is 1. The molecule has 88 valence electrons. The molecule has 1 heterocycles. The van der Waals surface area contributed by atoms with Gasteiger partial charge in [0.25, 0.3) is 0 Å². The molecule has 1 aliphatic heterocycles. The Kier molecular flexibility index (Phi) is 5.32. The van der Waals surface area contributed by atoms with Crippen molar-refractivity contribution in [2.75, 3.05) is 19.7 Å². The van der Waals surface area contributed by atoms with Crippen LogP contribution in [-0.4, -0.2) is 40.9 Å². The van der Waals surface area contributed by atoms with E-state index in [2.05, 4.69) is 24.1 Å². The summed E-state index contributed by atoms with van der Waals surface area (Å²) >= 11 is 5.34. The standard InChI is InChI=1S/C11H22N2OS/c1-9(2)12-11(15)13-6-3-4-10(8-13)5-7-14/h9-10,14H,3-8H2,1-2H3,(H,12,15). The molecule has 0 aliphatic carbocycles. The number of thiocarbonyl (C=S) groups is 1. The van der Waals surface area contributed by atoms with E-state index in [0.717, 1.165) is 24.6 Å². The lowest BCUT2D eigenvalue weighted by Crippen LogP contribution is -2.47. The molecule has 1 aliphatic rings. The summed E-state index contributed by atoms with van der Waals surface area (Å²) in [5, 5.41) is 13.1. The molecular formula is C11H22N2OS. The van der Waals surface area contributed by atoms with Gasteiger partial charge in [0.2, 0.25) is 0 Å². The smallest absolute Gasteiger partial charge is 0.169 e. The molecule has 0 bridgehead atoms. The molecule has 0 aromatic heterocycles. The van der Waals surface area contributed by atoms with Crippen LogP contribution in [0.25, 0.3) is 0 Å². The van der Waals surface area contributed by atoms with Crippen molar-refractivity contribution in [1.82, 2.24) is 10.2 Å². The lowest BCUT2D eigenvalue weighted by molar-refractivity contribution is 0.196. The van der Waals surface area contributed by atoms with Crippen molar-refractivity contribution in [1.29, 1.82) is 0 Å². The van der Waals surface area contributed by atoms with Gasteiger partial charge in [-0.3, -0.25) is 0 Å². The Morgan fingerprint density at radius 2 is 2.33 bits per heavy atom. The number of piperidine rings is 1. The van der Waals surface area contributed by atoms with E-state index in [1.54, 1.807) is 0 Å². The second-order valence-electron chi connectivity index (χ2n) is 4.57. The minimum atomic E-state index is 0.295. The Bertz CT molecular complexity index is 207. The van der Waals surface area contributed by atoms with E-state index in [4.69, 9.17) is 17.3 Å². The predicted octanol–water partition coefficient (Wildman–Crippen LogP) is 1.36. The first-order chi connectivity index (χ1) is 7.13. The van der Waals surface area contributed by atoms with Crippen molar-refractivity contribution >= 4 is 17.3 Å². The van der Waals surface area contributed by atoms with Gasteiger partial charge in [0.15, 0.2) is 5.11 Å². The highest BCUT2D eigenvalue weighted by molar-refractivity contribution is 7.80. The zero-order valence-corrected chi connectivity index (χ0v) is 10.5. The van der Waals surface area contributed by atoms with Crippen LogP contribution in [0.2, 0.25) is 0 Å². The number of aliphatic hydroxyl groups is 1. The largest absolute Gasteiger partial charge is 0.396 e. The third kappa shape index (κ3) is 4.34. The predicted molar refractivity (Wildman–Crippen MR) is 66.9 cm³/mol. The van der Waals surface area contributed by atoms with Crippen LogP contribution in [0.15, 0.2) is 0 Å². The molecule has 0 amide bonds. The van der Waals surface area contributed by atoms with E-state index >= 15 is 0 Å². The fraction of sp³-hybridized carbons (Fsp3) is 0.909. The molecule has 0 spiro atoms. The summed E-state index contributed by atoms with van der Waals surface area (Å²) in [5.74, 6) is 0.607. The highest BCUT2D eigenvalue weighted by atomic mass is 32.1. The lowest BCUT2D eigenvalue weighted by atomic mass is 9.95. The quantitative estimate of drug-likeness (QED) is 0.718. The van der Waals surface area contributed by atoms with Gasteiger partial charge < -0.3 is 15.3 Å². The normalized spacial score (nSPS) is 21.9. The number of rotatable bonds is 3. The fourth-order valence-electron chi connectivity index (χ4n) is 2.01. The Morgan fingerprint density at radius 3 is 2.93 bits per heavy atom. The molecule has 2 N–H and O–H groups in total. The first-order valence-electron chi connectivity index (χ1n) is 5.79. The van der Waals surface area contributed by atoms with Gasteiger partial charge >= 0.3 is 0 Å². The molecule has 1 rings (SSSR count). The van der Waals surface area contributed by atoms with Crippen molar-refractivity contribution < 1.29 is 5.11 Å². The number of nitrogens with zero attached hydrogens (tertiary/aromatic N) is 1. The molecule has 0 aromatic rings. The summed E-state index contributed by atoms with van der Waals surface area (Å²) in [7, 11) is 0. The van der Waals surface area contributed by atoms with Gasteiger partial charge in [-0.25, -0.2) is 0 Å². The van der Waals surface area contributed by atoms with Crippen LogP contribution < -0.4 is 5.32 Å². The monoisotopic (exact) mass is 230 g/mol. The van der Waals surface area contributed by atoms with Crippen molar-refractivity contribution in [3.63, 3.8) is 0 Å². The molecule has 0 radical (unpaired) electrons. The maximum atomic E-state index is 8.92. The third-order valence-corrected chi connectivity index (χ3v) is 3.13. The summed E-state index contributed by atoms with van der Waals surface area (Å²) in [4.78, 5) is 2.24. The van der Waals surface area contributed by atoms with E-state index in [-0.39, 0.29) is 0 Å². The van der Waals surface area contributed by atoms with Crippen LogP contribution in [0.1, 0.15) is 33.1 Å². The number of likely N-dealkylation sites (tertiary alicyclic amines) is 1. The second kappa shape index (κ2) is 6.28. The van der Waals surface area contributed by atoms with Gasteiger partial charge in [-0.15, -0.1) is 0 Å². The second-order valence-corrected chi connectivity index (χ2v) is 4.96. The van der Waals surface area contributed by atoms with Gasteiger partial charge in [-0.05, 0) is 51.2 Å². The van der Waals surface area contributed by atoms with Crippen molar-refractivity contribution in [2.24, 2.45) is 5.92 Å². The van der Waals surface area contributed by atoms with Crippen LogP contribution in [0.3, 0.4) is 0 Å². The highest BCUT2D eigenvalue weighted by Crippen LogP contribution is 2.19. The van der Waals surface area contributed by atoms with Gasteiger partial charge in [-0.1, -0.05) is 0 Å². The topological polar surface area (TPSA) is 35.5 Å². The molecule has 0 saturated carbocycles. The van der Waals surface area contributed by atoms with Gasteiger partial charge in [-0.2, -0.15) is 0 Å². The van der Waals surface area contributed by atoms with Crippen molar-refractivity contribution in [3.05, 3.63) is 0 Å². The Balaban J connectivity index is 2.38. The van der Waals surface area contributed by atoms with Crippen LogP contribution in [0.4, 0.5) is 0 Å². The SMILES string of the molecule is CC(C)NC(=S)N1CCCC(CCO)C1. The zero-order valence-electron chi connectivity index (χ0n) is 9.70. The number of nitrogens with one attached hydrogen (secondary N) is 1. The molecule has 15 heavy (non-hydrogen) atoms. The average Bonchev–Trinajstić information content (AvgIpc) is 2.17. The molecule has 4 heteroatoms. The Morgan fingerprint density at radius 1 is 1.60 bits per heavy atom.